The van der Waals surface area contributed by atoms with Crippen molar-refractivity contribution in [3.63, 3.8) is 0 Å². The van der Waals surface area contributed by atoms with E-state index in [0.29, 0.717) is 6.04 Å². The van der Waals surface area contributed by atoms with Crippen LogP contribution in [0, 0.1) is 6.92 Å². The van der Waals surface area contributed by atoms with Crippen LogP contribution in [0.3, 0.4) is 0 Å². The number of imidazole rings is 1. The first-order chi connectivity index (χ1) is 9.29. The van der Waals surface area contributed by atoms with E-state index in [9.17, 15) is 0 Å². The Kier molecular flexibility index (Phi) is 6.04. The monoisotopic (exact) mass is 283 g/mol. The quantitative estimate of drug-likeness (QED) is 0.781. The normalized spacial score (nSPS) is 16.7. The Hall–Kier alpha value is -0.680. The second-order valence-electron chi connectivity index (χ2n) is 4.98. The van der Waals surface area contributed by atoms with Gasteiger partial charge in [0.25, 0.3) is 0 Å². The molecule has 0 radical (unpaired) electrons. The van der Waals surface area contributed by atoms with Gasteiger partial charge in [-0.3, -0.25) is 0 Å². The van der Waals surface area contributed by atoms with E-state index >= 15 is 0 Å². The van der Waals surface area contributed by atoms with Crippen LogP contribution in [-0.4, -0.2) is 40.3 Å². The van der Waals surface area contributed by atoms with E-state index in [0.717, 1.165) is 37.8 Å². The highest BCUT2D eigenvalue weighted by Crippen LogP contribution is 2.21. The number of rotatable bonds is 7. The summed E-state index contributed by atoms with van der Waals surface area (Å²) in [6.07, 6.45) is 5.66. The average molecular weight is 283 g/mol. The molecule has 4 nitrogen and oxygen atoms in total. The molecule has 0 aromatic carbocycles. The SMILES string of the molecule is CCOCCCn1cc(C)nc1NC1CCSCC1. The van der Waals surface area contributed by atoms with E-state index in [1.165, 1.54) is 24.3 Å². The molecule has 0 unspecified atom stereocenters. The fraction of sp³-hybridized carbons (Fsp3) is 0.786. The fourth-order valence-corrected chi connectivity index (χ4v) is 3.44. The Balaban J connectivity index is 1.87. The summed E-state index contributed by atoms with van der Waals surface area (Å²) in [5, 5.41) is 3.61. The van der Waals surface area contributed by atoms with E-state index in [2.05, 4.69) is 39.8 Å². The van der Waals surface area contributed by atoms with Gasteiger partial charge in [-0.1, -0.05) is 0 Å². The lowest BCUT2D eigenvalue weighted by molar-refractivity contribution is 0.142. The van der Waals surface area contributed by atoms with Crippen LogP contribution in [0.1, 0.15) is 31.9 Å². The molecule has 1 N–H and O–H groups in total. The summed E-state index contributed by atoms with van der Waals surface area (Å²) in [6, 6.07) is 0.591. The summed E-state index contributed by atoms with van der Waals surface area (Å²) in [5.74, 6) is 3.56. The van der Waals surface area contributed by atoms with E-state index < -0.39 is 0 Å². The molecule has 1 aromatic heterocycles. The molecule has 1 saturated heterocycles. The molecule has 5 heteroatoms. The minimum atomic E-state index is 0.591. The zero-order valence-electron chi connectivity index (χ0n) is 12.0. The molecule has 0 aliphatic carbocycles. The molecule has 1 aromatic rings. The Labute approximate surface area is 120 Å². The van der Waals surface area contributed by atoms with Crippen molar-refractivity contribution in [2.75, 3.05) is 30.0 Å². The van der Waals surface area contributed by atoms with Crippen molar-refractivity contribution >= 4 is 17.7 Å². The number of anilines is 1. The lowest BCUT2D eigenvalue weighted by Gasteiger charge is -2.23. The highest BCUT2D eigenvalue weighted by Gasteiger charge is 2.16. The first kappa shape index (κ1) is 14.7. The summed E-state index contributed by atoms with van der Waals surface area (Å²) >= 11 is 2.05. The highest BCUT2D eigenvalue weighted by molar-refractivity contribution is 7.99. The van der Waals surface area contributed by atoms with Crippen LogP contribution in [-0.2, 0) is 11.3 Å². The molecule has 0 saturated carbocycles. The third-order valence-electron chi connectivity index (χ3n) is 3.34. The molecule has 19 heavy (non-hydrogen) atoms. The molecule has 1 aliphatic rings. The van der Waals surface area contributed by atoms with E-state index in [1.54, 1.807) is 0 Å². The number of hydrogen-bond acceptors (Lipinski definition) is 4. The smallest absolute Gasteiger partial charge is 0.203 e. The van der Waals surface area contributed by atoms with Gasteiger partial charge in [-0.15, -0.1) is 0 Å². The van der Waals surface area contributed by atoms with Gasteiger partial charge in [0.2, 0.25) is 5.95 Å². The van der Waals surface area contributed by atoms with Crippen molar-refractivity contribution in [2.45, 2.75) is 45.7 Å². The highest BCUT2D eigenvalue weighted by atomic mass is 32.2. The molecule has 0 bridgehead atoms. The van der Waals surface area contributed by atoms with Crippen LogP contribution in [0.5, 0.6) is 0 Å². The second kappa shape index (κ2) is 7.80. The van der Waals surface area contributed by atoms with Gasteiger partial charge in [0.15, 0.2) is 0 Å². The number of ether oxygens (including phenoxy) is 1. The zero-order chi connectivity index (χ0) is 13.5. The number of aromatic nitrogens is 2. The third kappa shape index (κ3) is 4.73. The average Bonchev–Trinajstić information content (AvgIpc) is 2.76. The van der Waals surface area contributed by atoms with Crippen LogP contribution in [0.4, 0.5) is 5.95 Å². The maximum atomic E-state index is 5.39. The van der Waals surface area contributed by atoms with Gasteiger partial charge in [0, 0.05) is 32.0 Å². The second-order valence-corrected chi connectivity index (χ2v) is 6.21. The Bertz CT molecular complexity index is 375. The molecule has 1 aliphatic heterocycles. The lowest BCUT2D eigenvalue weighted by Crippen LogP contribution is -2.26. The number of nitrogens with zero attached hydrogens (tertiary/aromatic N) is 2. The molecule has 0 atom stereocenters. The first-order valence-corrected chi connectivity index (χ1v) is 8.41. The Morgan fingerprint density at radius 2 is 2.26 bits per heavy atom. The van der Waals surface area contributed by atoms with Crippen molar-refractivity contribution in [3.05, 3.63) is 11.9 Å². The number of aryl methyl sites for hydroxylation is 2. The summed E-state index contributed by atoms with van der Waals surface area (Å²) < 4.78 is 7.63. The van der Waals surface area contributed by atoms with Gasteiger partial charge >= 0.3 is 0 Å². The molecular weight excluding hydrogens is 258 g/mol. The van der Waals surface area contributed by atoms with Gasteiger partial charge in [-0.05, 0) is 44.6 Å². The molecular formula is C14H25N3OS. The van der Waals surface area contributed by atoms with E-state index in [4.69, 9.17) is 4.74 Å². The molecule has 108 valence electrons. The van der Waals surface area contributed by atoms with E-state index in [1.807, 2.05) is 6.92 Å². The van der Waals surface area contributed by atoms with Crippen molar-refractivity contribution in [1.29, 1.82) is 0 Å². The van der Waals surface area contributed by atoms with Gasteiger partial charge in [0.05, 0.1) is 5.69 Å². The molecule has 0 amide bonds. The maximum absolute atomic E-state index is 5.39. The minimum absolute atomic E-state index is 0.591. The molecule has 0 spiro atoms. The molecule has 1 fully saturated rings. The first-order valence-electron chi connectivity index (χ1n) is 7.25. The number of thioether (sulfide) groups is 1. The molecule has 2 rings (SSSR count). The summed E-state index contributed by atoms with van der Waals surface area (Å²) in [4.78, 5) is 4.61. The summed E-state index contributed by atoms with van der Waals surface area (Å²) in [6.45, 7) is 6.70. The fourth-order valence-electron chi connectivity index (χ4n) is 2.34. The largest absolute Gasteiger partial charge is 0.382 e. The van der Waals surface area contributed by atoms with Crippen LogP contribution in [0.15, 0.2) is 6.20 Å². The Morgan fingerprint density at radius 3 is 3.00 bits per heavy atom. The summed E-state index contributed by atoms with van der Waals surface area (Å²) in [5.41, 5.74) is 1.09. The van der Waals surface area contributed by atoms with Gasteiger partial charge < -0.3 is 14.6 Å². The molecule has 2 heterocycles. The van der Waals surface area contributed by atoms with Crippen molar-refractivity contribution < 1.29 is 4.74 Å². The Morgan fingerprint density at radius 1 is 1.47 bits per heavy atom. The topological polar surface area (TPSA) is 39.1 Å². The number of hydrogen-bond donors (Lipinski definition) is 1. The maximum Gasteiger partial charge on any atom is 0.203 e. The third-order valence-corrected chi connectivity index (χ3v) is 4.39. The summed E-state index contributed by atoms with van der Waals surface area (Å²) in [7, 11) is 0. The van der Waals surface area contributed by atoms with Crippen LogP contribution >= 0.6 is 11.8 Å². The van der Waals surface area contributed by atoms with Crippen LogP contribution in [0.25, 0.3) is 0 Å². The van der Waals surface area contributed by atoms with Crippen LogP contribution < -0.4 is 5.32 Å². The van der Waals surface area contributed by atoms with Gasteiger partial charge in [-0.2, -0.15) is 11.8 Å². The predicted molar refractivity (Wildman–Crippen MR) is 82.0 cm³/mol. The predicted octanol–water partition coefficient (Wildman–Crippen LogP) is 2.93. The zero-order valence-corrected chi connectivity index (χ0v) is 12.8. The van der Waals surface area contributed by atoms with Crippen LogP contribution in [0.2, 0.25) is 0 Å². The van der Waals surface area contributed by atoms with Crippen molar-refractivity contribution in [2.24, 2.45) is 0 Å². The lowest BCUT2D eigenvalue weighted by atomic mass is 10.2. The van der Waals surface area contributed by atoms with Crippen molar-refractivity contribution in [1.82, 2.24) is 9.55 Å². The minimum Gasteiger partial charge on any atom is -0.382 e. The van der Waals surface area contributed by atoms with Crippen molar-refractivity contribution in [3.8, 4) is 0 Å². The van der Waals surface area contributed by atoms with Gasteiger partial charge in [-0.25, -0.2) is 4.98 Å². The standard InChI is InChI=1S/C14H25N3OS/c1-3-18-8-4-7-17-11-12(2)15-14(17)16-13-5-9-19-10-6-13/h11,13H,3-10H2,1-2H3,(H,15,16). The van der Waals surface area contributed by atoms with Gasteiger partial charge in [0.1, 0.15) is 0 Å². The number of nitrogens with one attached hydrogen (secondary N) is 1. The van der Waals surface area contributed by atoms with E-state index in [-0.39, 0.29) is 0 Å².